The molecular formula is C20H21N3O4. The minimum Gasteiger partial charge on any atom is -0.395 e. The molecule has 140 valence electrons. The summed E-state index contributed by atoms with van der Waals surface area (Å²) in [5.74, 6) is -0.643. The Bertz CT molecular complexity index is 937. The number of aromatic nitrogens is 1. The molecule has 0 spiro atoms. The molecule has 1 aromatic heterocycles. The van der Waals surface area contributed by atoms with Gasteiger partial charge in [0.15, 0.2) is 0 Å². The fourth-order valence-electron chi connectivity index (χ4n) is 3.13. The number of hydroxylamine groups is 1. The largest absolute Gasteiger partial charge is 0.395 e. The van der Waals surface area contributed by atoms with Crippen molar-refractivity contribution in [2.45, 2.75) is 13.0 Å². The van der Waals surface area contributed by atoms with Crippen molar-refractivity contribution in [3.63, 3.8) is 0 Å². The standard InChI is InChI=1S/C20H21N3O4/c24-12-11-23(16-6-2-1-3-7-16)20(26)14-22-10-9-17-15(13-19(25)21-27)5-4-8-18(17)22/h1-10,24,27H,11-14H2,(H,21,25). The number of para-hydroxylation sites is 1. The second-order valence-corrected chi connectivity index (χ2v) is 6.11. The molecular weight excluding hydrogens is 346 g/mol. The van der Waals surface area contributed by atoms with Crippen molar-refractivity contribution in [3.8, 4) is 0 Å². The summed E-state index contributed by atoms with van der Waals surface area (Å²) in [7, 11) is 0. The van der Waals surface area contributed by atoms with Gasteiger partial charge in [0, 0.05) is 29.3 Å². The van der Waals surface area contributed by atoms with Crippen LogP contribution in [0.4, 0.5) is 5.69 Å². The first-order valence-electron chi connectivity index (χ1n) is 8.60. The van der Waals surface area contributed by atoms with E-state index >= 15 is 0 Å². The number of aliphatic hydroxyl groups excluding tert-OH is 1. The zero-order chi connectivity index (χ0) is 19.2. The van der Waals surface area contributed by atoms with Crippen molar-refractivity contribution in [1.82, 2.24) is 10.0 Å². The number of carbonyl (C=O) groups is 2. The minimum atomic E-state index is -0.496. The van der Waals surface area contributed by atoms with E-state index in [0.29, 0.717) is 0 Å². The highest BCUT2D eigenvalue weighted by Crippen LogP contribution is 2.22. The molecule has 0 radical (unpaired) electrons. The number of rotatable bonds is 7. The van der Waals surface area contributed by atoms with Gasteiger partial charge in [0.2, 0.25) is 11.8 Å². The maximum absolute atomic E-state index is 12.9. The molecule has 0 fully saturated rings. The molecule has 2 aromatic carbocycles. The van der Waals surface area contributed by atoms with Crippen molar-refractivity contribution in [2.24, 2.45) is 0 Å². The molecule has 0 unspecified atom stereocenters. The number of hydrogen-bond acceptors (Lipinski definition) is 4. The van der Waals surface area contributed by atoms with Crippen molar-refractivity contribution in [2.75, 3.05) is 18.1 Å². The van der Waals surface area contributed by atoms with Crippen molar-refractivity contribution >= 4 is 28.4 Å². The molecule has 0 bridgehead atoms. The molecule has 2 amide bonds. The van der Waals surface area contributed by atoms with Crippen LogP contribution in [0, 0.1) is 0 Å². The summed E-state index contributed by atoms with van der Waals surface area (Å²) in [5, 5.41) is 18.9. The fraction of sp³-hybridized carbons (Fsp3) is 0.200. The van der Waals surface area contributed by atoms with Gasteiger partial charge in [-0.15, -0.1) is 0 Å². The molecule has 3 aromatic rings. The van der Waals surface area contributed by atoms with Gasteiger partial charge < -0.3 is 14.6 Å². The summed E-state index contributed by atoms with van der Waals surface area (Å²) in [6.45, 7) is 0.186. The normalized spacial score (nSPS) is 10.7. The van der Waals surface area contributed by atoms with E-state index in [1.807, 2.05) is 59.2 Å². The molecule has 3 N–H and O–H groups in total. The molecule has 27 heavy (non-hydrogen) atoms. The van der Waals surface area contributed by atoms with E-state index in [9.17, 15) is 14.7 Å². The highest BCUT2D eigenvalue weighted by molar-refractivity contribution is 5.95. The fourth-order valence-corrected chi connectivity index (χ4v) is 3.13. The number of anilines is 1. The van der Waals surface area contributed by atoms with Crippen LogP contribution in [0.1, 0.15) is 5.56 Å². The van der Waals surface area contributed by atoms with Crippen LogP contribution in [-0.2, 0) is 22.6 Å². The lowest BCUT2D eigenvalue weighted by Crippen LogP contribution is -2.36. The van der Waals surface area contributed by atoms with Crippen molar-refractivity contribution < 1.29 is 19.9 Å². The second kappa shape index (κ2) is 8.48. The average molecular weight is 367 g/mol. The van der Waals surface area contributed by atoms with E-state index in [1.54, 1.807) is 16.6 Å². The van der Waals surface area contributed by atoms with E-state index in [0.717, 1.165) is 22.2 Å². The number of hydrogen-bond donors (Lipinski definition) is 3. The van der Waals surface area contributed by atoms with Crippen LogP contribution >= 0.6 is 0 Å². The molecule has 0 atom stereocenters. The Balaban J connectivity index is 1.86. The number of aliphatic hydroxyl groups is 1. The summed E-state index contributed by atoms with van der Waals surface area (Å²) in [6, 6.07) is 16.6. The summed E-state index contributed by atoms with van der Waals surface area (Å²) >= 11 is 0. The summed E-state index contributed by atoms with van der Waals surface area (Å²) < 4.78 is 1.81. The Morgan fingerprint density at radius 3 is 2.52 bits per heavy atom. The van der Waals surface area contributed by atoms with Crippen molar-refractivity contribution in [1.29, 1.82) is 0 Å². The number of benzene rings is 2. The zero-order valence-corrected chi connectivity index (χ0v) is 14.7. The van der Waals surface area contributed by atoms with Gasteiger partial charge in [-0.1, -0.05) is 30.3 Å². The molecule has 7 nitrogen and oxygen atoms in total. The van der Waals surface area contributed by atoms with Gasteiger partial charge in [-0.05, 0) is 29.8 Å². The first-order valence-corrected chi connectivity index (χ1v) is 8.60. The van der Waals surface area contributed by atoms with E-state index in [-0.39, 0.29) is 32.0 Å². The number of carbonyl (C=O) groups excluding carboxylic acids is 2. The lowest BCUT2D eigenvalue weighted by molar-refractivity contribution is -0.128. The number of nitrogens with zero attached hydrogens (tertiary/aromatic N) is 2. The van der Waals surface area contributed by atoms with Crippen molar-refractivity contribution in [3.05, 3.63) is 66.4 Å². The van der Waals surface area contributed by atoms with Crippen LogP contribution < -0.4 is 10.4 Å². The molecule has 0 aliphatic carbocycles. The predicted molar refractivity (Wildman–Crippen MR) is 101 cm³/mol. The third-order valence-electron chi connectivity index (χ3n) is 4.38. The molecule has 7 heteroatoms. The van der Waals surface area contributed by atoms with Crippen LogP contribution in [0.5, 0.6) is 0 Å². The topological polar surface area (TPSA) is 94.8 Å². The van der Waals surface area contributed by atoms with E-state index < -0.39 is 5.91 Å². The van der Waals surface area contributed by atoms with Crippen LogP contribution in [-0.4, -0.2) is 39.8 Å². The first kappa shape index (κ1) is 18.6. The zero-order valence-electron chi connectivity index (χ0n) is 14.7. The molecule has 0 saturated carbocycles. The maximum atomic E-state index is 12.9. The molecule has 0 aliphatic rings. The van der Waals surface area contributed by atoms with Gasteiger partial charge in [0.25, 0.3) is 0 Å². The first-order chi connectivity index (χ1) is 13.1. The smallest absolute Gasteiger partial charge is 0.247 e. The van der Waals surface area contributed by atoms with E-state index in [2.05, 4.69) is 0 Å². The maximum Gasteiger partial charge on any atom is 0.247 e. The second-order valence-electron chi connectivity index (χ2n) is 6.11. The van der Waals surface area contributed by atoms with Crippen LogP contribution in [0.3, 0.4) is 0 Å². The Morgan fingerprint density at radius 1 is 1.04 bits per heavy atom. The Morgan fingerprint density at radius 2 is 1.81 bits per heavy atom. The SMILES string of the molecule is O=C(Cc1cccc2c1ccn2CC(=O)N(CCO)c1ccccc1)NO. The molecule has 1 heterocycles. The van der Waals surface area contributed by atoms with Gasteiger partial charge in [0.1, 0.15) is 6.54 Å². The Labute approximate surface area is 156 Å². The molecule has 0 saturated heterocycles. The highest BCUT2D eigenvalue weighted by atomic mass is 16.5. The molecule has 3 rings (SSSR count). The highest BCUT2D eigenvalue weighted by Gasteiger charge is 2.17. The van der Waals surface area contributed by atoms with Crippen LogP contribution in [0.2, 0.25) is 0 Å². The van der Waals surface area contributed by atoms with Gasteiger partial charge in [-0.3, -0.25) is 14.8 Å². The van der Waals surface area contributed by atoms with E-state index in [4.69, 9.17) is 5.21 Å². The van der Waals surface area contributed by atoms with Gasteiger partial charge in [-0.25, -0.2) is 5.48 Å². The quantitative estimate of drug-likeness (QED) is 0.438. The van der Waals surface area contributed by atoms with Crippen LogP contribution in [0.15, 0.2) is 60.8 Å². The third kappa shape index (κ3) is 4.16. The van der Waals surface area contributed by atoms with Gasteiger partial charge >= 0.3 is 0 Å². The minimum absolute atomic E-state index is 0.0481. The predicted octanol–water partition coefficient (Wildman–Crippen LogP) is 1.71. The summed E-state index contributed by atoms with van der Waals surface area (Å²) in [6.07, 6.45) is 1.84. The lowest BCUT2D eigenvalue weighted by atomic mass is 10.1. The monoisotopic (exact) mass is 367 g/mol. The number of fused-ring (bicyclic) bond motifs is 1. The Kier molecular flexibility index (Phi) is 5.85. The third-order valence-corrected chi connectivity index (χ3v) is 4.38. The summed E-state index contributed by atoms with van der Waals surface area (Å²) in [4.78, 5) is 25.9. The molecule has 0 aliphatic heterocycles. The number of nitrogens with one attached hydrogen (secondary N) is 1. The van der Waals surface area contributed by atoms with E-state index in [1.165, 1.54) is 0 Å². The van der Waals surface area contributed by atoms with Gasteiger partial charge in [0.05, 0.1) is 13.0 Å². The summed E-state index contributed by atoms with van der Waals surface area (Å²) in [5.41, 5.74) is 3.95. The van der Waals surface area contributed by atoms with Crippen LogP contribution in [0.25, 0.3) is 10.9 Å². The number of amides is 2. The lowest BCUT2D eigenvalue weighted by Gasteiger charge is -2.22. The average Bonchev–Trinajstić information content (AvgIpc) is 3.10. The van der Waals surface area contributed by atoms with Gasteiger partial charge in [-0.2, -0.15) is 0 Å². The Hall–Kier alpha value is -3.16.